The molecule has 0 unspecified atom stereocenters. The molecule has 13 heteroatoms. The number of hydrogen-bond donors (Lipinski definition) is 0. The highest BCUT2D eigenvalue weighted by atomic mass is 19.4. The summed E-state index contributed by atoms with van der Waals surface area (Å²) < 4.78 is 85.1. The fraction of sp³-hybridized carbons (Fsp3) is 0.304. The summed E-state index contributed by atoms with van der Waals surface area (Å²) in [6.45, 7) is 0.825. The van der Waals surface area contributed by atoms with Crippen LogP contribution in [0, 0.1) is 0 Å². The number of rotatable bonds is 4. The van der Waals surface area contributed by atoms with Crippen molar-refractivity contribution in [1.29, 1.82) is 0 Å². The van der Waals surface area contributed by atoms with Gasteiger partial charge in [0.05, 0.1) is 23.7 Å². The van der Waals surface area contributed by atoms with Gasteiger partial charge in [-0.05, 0) is 48.9 Å². The number of carbonyl (C=O) groups excluding carboxylic acids is 2. The predicted molar refractivity (Wildman–Crippen MR) is 111 cm³/mol. The number of carbonyl (C=O) groups is 2. The highest BCUT2D eigenvalue weighted by Crippen LogP contribution is 2.40. The molecule has 1 amide bonds. The first-order valence-electron chi connectivity index (χ1n) is 10.5. The van der Waals surface area contributed by atoms with Gasteiger partial charge in [0.1, 0.15) is 19.2 Å². The van der Waals surface area contributed by atoms with E-state index in [2.05, 4.69) is 10.1 Å². The molecule has 1 saturated heterocycles. The number of ether oxygens (including phenoxy) is 1. The molecule has 4 rings (SSSR count). The third-order valence-corrected chi connectivity index (χ3v) is 6.02. The Kier molecular flexibility index (Phi) is 6.27. The minimum atomic E-state index is -4.60. The molecular formula is C23H18F6N4O3. The summed E-state index contributed by atoms with van der Waals surface area (Å²) in [5.74, 6) is -1.60. The van der Waals surface area contributed by atoms with Crippen LogP contribution in [-0.2, 0) is 34.0 Å². The Morgan fingerprint density at radius 3 is 2.06 bits per heavy atom. The zero-order chi connectivity index (χ0) is 26.3. The minimum Gasteiger partial charge on any atom is -0.449 e. The van der Waals surface area contributed by atoms with E-state index < -0.39 is 53.5 Å². The van der Waals surface area contributed by atoms with Gasteiger partial charge in [-0.1, -0.05) is 12.1 Å². The van der Waals surface area contributed by atoms with Gasteiger partial charge in [-0.15, -0.1) is 0 Å². The number of cyclic esters (lactones) is 1. The van der Waals surface area contributed by atoms with Crippen LogP contribution in [-0.4, -0.2) is 44.1 Å². The Bertz CT molecular complexity index is 1240. The lowest BCUT2D eigenvalue weighted by atomic mass is 9.83. The van der Waals surface area contributed by atoms with Crippen LogP contribution >= 0.6 is 0 Å². The molecule has 0 N–H and O–H groups in total. The third-order valence-electron chi connectivity index (χ3n) is 6.02. The molecule has 0 saturated carbocycles. The molecule has 1 aliphatic heterocycles. The SMILES string of the molecule is C[C@@H]1N(C(=O)c2ccc(C(F)(F)F)cc2)CC(=O)O[C@]1(Cn1cncn1)c1ccc(C(F)(F)F)cc1. The predicted octanol–water partition coefficient (Wildman–Crippen LogP) is 4.30. The van der Waals surface area contributed by atoms with Crippen LogP contribution in [0.3, 0.4) is 0 Å². The van der Waals surface area contributed by atoms with E-state index in [1.54, 1.807) is 0 Å². The number of alkyl halides is 6. The van der Waals surface area contributed by atoms with Crippen molar-refractivity contribution in [2.24, 2.45) is 0 Å². The lowest BCUT2D eigenvalue weighted by Crippen LogP contribution is -2.61. The average Bonchev–Trinajstić information content (AvgIpc) is 3.32. The van der Waals surface area contributed by atoms with E-state index in [9.17, 15) is 35.9 Å². The molecule has 1 fully saturated rings. The van der Waals surface area contributed by atoms with Crippen LogP contribution in [0.15, 0.2) is 61.2 Å². The van der Waals surface area contributed by atoms with Crippen molar-refractivity contribution in [3.05, 3.63) is 83.4 Å². The summed E-state index contributed by atoms with van der Waals surface area (Å²) in [5, 5.41) is 3.98. The van der Waals surface area contributed by atoms with Gasteiger partial charge in [-0.2, -0.15) is 31.4 Å². The van der Waals surface area contributed by atoms with Gasteiger partial charge in [-0.25, -0.2) is 9.67 Å². The Morgan fingerprint density at radius 2 is 1.56 bits per heavy atom. The number of morpholine rings is 1. The van der Waals surface area contributed by atoms with Crippen molar-refractivity contribution in [3.8, 4) is 0 Å². The van der Waals surface area contributed by atoms with E-state index in [-0.39, 0.29) is 17.7 Å². The second kappa shape index (κ2) is 8.95. The normalized spacial score (nSPS) is 20.8. The van der Waals surface area contributed by atoms with E-state index in [0.29, 0.717) is 0 Å². The van der Waals surface area contributed by atoms with Gasteiger partial charge in [0, 0.05) is 5.56 Å². The Hall–Kier alpha value is -3.90. The number of aromatic nitrogens is 3. The highest BCUT2D eigenvalue weighted by molar-refractivity contribution is 5.96. The Balaban J connectivity index is 1.75. The van der Waals surface area contributed by atoms with Crippen molar-refractivity contribution in [2.45, 2.75) is 37.5 Å². The summed E-state index contributed by atoms with van der Waals surface area (Å²) in [7, 11) is 0. The summed E-state index contributed by atoms with van der Waals surface area (Å²) in [6.07, 6.45) is -6.68. The standard InChI is InChI=1S/C23H18F6N4O3/c1-14-21(11-32-13-30-12-31-32,16-6-8-18(9-7-16)23(27,28)29)36-19(34)10-33(14)20(35)15-2-4-17(5-3-15)22(24,25)26/h2-9,12-14H,10-11H2,1H3/t14-,21-/m0/s1. The van der Waals surface area contributed by atoms with Crippen molar-refractivity contribution in [3.63, 3.8) is 0 Å². The fourth-order valence-corrected chi connectivity index (χ4v) is 4.12. The molecule has 0 bridgehead atoms. The first kappa shape index (κ1) is 25.2. The van der Waals surface area contributed by atoms with Crippen LogP contribution in [0.5, 0.6) is 0 Å². The molecule has 2 heterocycles. The van der Waals surface area contributed by atoms with Gasteiger partial charge >= 0.3 is 18.3 Å². The van der Waals surface area contributed by atoms with Crippen molar-refractivity contribution < 1.29 is 40.7 Å². The molecule has 1 aliphatic rings. The van der Waals surface area contributed by atoms with Crippen LogP contribution in [0.25, 0.3) is 0 Å². The van der Waals surface area contributed by atoms with Gasteiger partial charge in [0.25, 0.3) is 5.91 Å². The lowest BCUT2D eigenvalue weighted by molar-refractivity contribution is -0.186. The maximum absolute atomic E-state index is 13.3. The van der Waals surface area contributed by atoms with Crippen molar-refractivity contribution >= 4 is 11.9 Å². The molecule has 3 aromatic rings. The second-order valence-electron chi connectivity index (χ2n) is 8.22. The molecule has 36 heavy (non-hydrogen) atoms. The first-order valence-corrected chi connectivity index (χ1v) is 10.5. The molecule has 7 nitrogen and oxygen atoms in total. The maximum atomic E-state index is 13.3. The van der Waals surface area contributed by atoms with E-state index in [1.807, 2.05) is 0 Å². The van der Waals surface area contributed by atoms with E-state index >= 15 is 0 Å². The third kappa shape index (κ3) is 4.77. The summed E-state index contributed by atoms with van der Waals surface area (Å²) >= 11 is 0. The molecule has 0 spiro atoms. The number of esters is 1. The molecule has 0 aliphatic carbocycles. The van der Waals surface area contributed by atoms with Gasteiger partial charge in [0.15, 0.2) is 5.60 Å². The van der Waals surface area contributed by atoms with Crippen LogP contribution in [0.2, 0.25) is 0 Å². The average molecular weight is 512 g/mol. The van der Waals surface area contributed by atoms with E-state index in [0.717, 1.165) is 53.4 Å². The second-order valence-corrected chi connectivity index (χ2v) is 8.22. The Morgan fingerprint density at radius 1 is 1.00 bits per heavy atom. The summed E-state index contributed by atoms with van der Waals surface area (Å²) in [5.41, 5.74) is -3.48. The fourth-order valence-electron chi connectivity index (χ4n) is 4.12. The monoisotopic (exact) mass is 512 g/mol. The molecule has 2 atom stereocenters. The summed E-state index contributed by atoms with van der Waals surface area (Å²) in [4.78, 5) is 30.9. The van der Waals surface area contributed by atoms with Crippen LogP contribution in [0.4, 0.5) is 26.3 Å². The number of nitrogens with zero attached hydrogens (tertiary/aromatic N) is 4. The van der Waals surface area contributed by atoms with E-state index in [4.69, 9.17) is 4.74 Å². The minimum absolute atomic E-state index is 0.105. The molecule has 2 aromatic carbocycles. The van der Waals surface area contributed by atoms with Crippen LogP contribution in [0.1, 0.15) is 34.0 Å². The van der Waals surface area contributed by atoms with Crippen LogP contribution < -0.4 is 0 Å². The topological polar surface area (TPSA) is 77.3 Å². The van der Waals surface area contributed by atoms with Gasteiger partial charge < -0.3 is 9.64 Å². The van der Waals surface area contributed by atoms with Crippen molar-refractivity contribution in [2.75, 3.05) is 6.54 Å². The quantitative estimate of drug-likeness (QED) is 0.385. The first-order chi connectivity index (χ1) is 16.8. The molecule has 0 radical (unpaired) electrons. The number of benzene rings is 2. The van der Waals surface area contributed by atoms with Crippen molar-refractivity contribution in [1.82, 2.24) is 19.7 Å². The number of halogens is 6. The summed E-state index contributed by atoms with van der Waals surface area (Å²) in [6, 6.07) is 6.49. The zero-order valence-corrected chi connectivity index (χ0v) is 18.5. The molecule has 1 aromatic heterocycles. The molecular weight excluding hydrogens is 494 g/mol. The number of amides is 1. The maximum Gasteiger partial charge on any atom is 0.416 e. The van der Waals surface area contributed by atoms with Gasteiger partial charge in [0.2, 0.25) is 0 Å². The Labute approximate surface area is 200 Å². The number of hydrogen-bond acceptors (Lipinski definition) is 5. The largest absolute Gasteiger partial charge is 0.449 e. The van der Waals surface area contributed by atoms with E-state index in [1.165, 1.54) is 24.3 Å². The smallest absolute Gasteiger partial charge is 0.416 e. The molecule has 190 valence electrons. The zero-order valence-electron chi connectivity index (χ0n) is 18.5. The lowest BCUT2D eigenvalue weighted by Gasteiger charge is -2.47. The van der Waals surface area contributed by atoms with Gasteiger partial charge in [-0.3, -0.25) is 9.59 Å². The highest BCUT2D eigenvalue weighted by Gasteiger charge is 2.51.